The van der Waals surface area contributed by atoms with Gasteiger partial charge in [0.1, 0.15) is 0 Å². The number of thiazole rings is 1. The third-order valence-electron chi connectivity index (χ3n) is 3.16. The maximum atomic E-state index is 5.98. The second kappa shape index (κ2) is 10.8. The Hall–Kier alpha value is -0.860. The average Bonchev–Trinajstić information content (AvgIpc) is 2.99. The summed E-state index contributed by atoms with van der Waals surface area (Å²) in [4.78, 5) is 8.75. The molecule has 2 rings (SSSR count). The summed E-state index contributed by atoms with van der Waals surface area (Å²) in [6, 6.07) is 7.92. The van der Waals surface area contributed by atoms with Gasteiger partial charge in [-0.25, -0.2) is 4.98 Å². The van der Waals surface area contributed by atoms with E-state index in [-0.39, 0.29) is 24.0 Å². The van der Waals surface area contributed by atoms with Crippen molar-refractivity contribution in [2.24, 2.45) is 4.99 Å². The summed E-state index contributed by atoms with van der Waals surface area (Å²) in [5.41, 5.74) is 2.27. The summed E-state index contributed by atoms with van der Waals surface area (Å²) >= 11 is 7.68. The van der Waals surface area contributed by atoms with Crippen molar-refractivity contribution in [1.82, 2.24) is 15.6 Å². The molecule has 0 aliphatic heterocycles. The van der Waals surface area contributed by atoms with Gasteiger partial charge >= 0.3 is 0 Å². The van der Waals surface area contributed by atoms with Gasteiger partial charge in [0.05, 0.1) is 17.2 Å². The van der Waals surface area contributed by atoms with Crippen molar-refractivity contribution in [1.29, 1.82) is 0 Å². The third kappa shape index (κ3) is 7.05. The predicted molar refractivity (Wildman–Crippen MR) is 110 cm³/mol. The molecule has 23 heavy (non-hydrogen) atoms. The van der Waals surface area contributed by atoms with E-state index in [1.807, 2.05) is 18.2 Å². The van der Waals surface area contributed by atoms with Crippen LogP contribution in [0.2, 0.25) is 5.02 Å². The molecule has 0 atom stereocenters. The highest BCUT2D eigenvalue weighted by molar-refractivity contribution is 14.0. The zero-order chi connectivity index (χ0) is 15.8. The molecule has 2 N–H and O–H groups in total. The van der Waals surface area contributed by atoms with Crippen molar-refractivity contribution >= 4 is 52.9 Å². The molecule has 0 aliphatic carbocycles. The van der Waals surface area contributed by atoms with Gasteiger partial charge in [0, 0.05) is 24.0 Å². The lowest BCUT2D eigenvalue weighted by Gasteiger charge is -2.11. The minimum absolute atomic E-state index is 0. The molecule has 0 aliphatic rings. The van der Waals surface area contributed by atoms with E-state index in [1.54, 1.807) is 18.4 Å². The highest BCUT2D eigenvalue weighted by Crippen LogP contribution is 2.11. The first-order valence-electron chi connectivity index (χ1n) is 7.33. The highest BCUT2D eigenvalue weighted by Gasteiger charge is 2.02. The van der Waals surface area contributed by atoms with Gasteiger partial charge in [-0.2, -0.15) is 0 Å². The van der Waals surface area contributed by atoms with E-state index in [9.17, 15) is 0 Å². The van der Waals surface area contributed by atoms with E-state index >= 15 is 0 Å². The van der Waals surface area contributed by atoms with Gasteiger partial charge in [-0.3, -0.25) is 4.99 Å². The normalized spacial score (nSPS) is 11.0. The topological polar surface area (TPSA) is 49.3 Å². The van der Waals surface area contributed by atoms with E-state index in [2.05, 4.69) is 39.0 Å². The Morgan fingerprint density at radius 2 is 2.17 bits per heavy atom. The van der Waals surface area contributed by atoms with Crippen LogP contribution in [0.1, 0.15) is 23.2 Å². The predicted octanol–water partition coefficient (Wildman–Crippen LogP) is 3.88. The molecular weight excluding hydrogens is 443 g/mol. The molecule has 4 nitrogen and oxygen atoms in total. The lowest BCUT2D eigenvalue weighted by molar-refractivity contribution is 0.784. The molecule has 0 unspecified atom stereocenters. The van der Waals surface area contributed by atoms with Crippen molar-refractivity contribution in [2.75, 3.05) is 13.6 Å². The molecule has 0 saturated heterocycles. The largest absolute Gasteiger partial charge is 0.356 e. The Bertz CT molecular complexity index is 630. The van der Waals surface area contributed by atoms with Gasteiger partial charge in [0.15, 0.2) is 5.96 Å². The molecule has 0 fully saturated rings. The van der Waals surface area contributed by atoms with Crippen molar-refractivity contribution < 1.29 is 0 Å². The van der Waals surface area contributed by atoms with Gasteiger partial charge in [-0.05, 0) is 30.5 Å². The quantitative estimate of drug-likeness (QED) is 0.387. The Kier molecular flexibility index (Phi) is 9.50. The van der Waals surface area contributed by atoms with Crippen LogP contribution in [-0.2, 0) is 19.4 Å². The molecule has 1 aromatic carbocycles. The van der Waals surface area contributed by atoms with E-state index in [1.165, 1.54) is 10.6 Å². The summed E-state index contributed by atoms with van der Waals surface area (Å²) in [6.45, 7) is 3.61. The number of aryl methyl sites for hydroxylation is 1. The molecule has 7 heteroatoms. The van der Waals surface area contributed by atoms with Crippen LogP contribution in [0.25, 0.3) is 0 Å². The van der Waals surface area contributed by atoms with Crippen molar-refractivity contribution in [3.63, 3.8) is 0 Å². The molecule has 0 bridgehead atoms. The van der Waals surface area contributed by atoms with E-state index < -0.39 is 0 Å². The molecule has 1 aromatic heterocycles. The monoisotopic (exact) mass is 464 g/mol. The summed E-state index contributed by atoms with van der Waals surface area (Å²) in [5, 5.41) is 10.6. The molecule has 2 aromatic rings. The summed E-state index contributed by atoms with van der Waals surface area (Å²) < 4.78 is 0. The number of nitrogens with one attached hydrogen (secondary N) is 2. The van der Waals surface area contributed by atoms with Crippen LogP contribution in [0.15, 0.2) is 34.6 Å². The minimum atomic E-state index is 0. The molecule has 0 spiro atoms. The summed E-state index contributed by atoms with van der Waals surface area (Å²) in [6.07, 6.45) is 1.88. The first-order valence-corrected chi connectivity index (χ1v) is 8.59. The van der Waals surface area contributed by atoms with Crippen LogP contribution in [-0.4, -0.2) is 24.5 Å². The number of rotatable bonds is 6. The van der Waals surface area contributed by atoms with E-state index in [0.29, 0.717) is 6.54 Å². The summed E-state index contributed by atoms with van der Waals surface area (Å²) in [7, 11) is 1.77. The smallest absolute Gasteiger partial charge is 0.191 e. The lowest BCUT2D eigenvalue weighted by Crippen LogP contribution is -2.37. The van der Waals surface area contributed by atoms with Gasteiger partial charge in [0.25, 0.3) is 0 Å². The maximum Gasteiger partial charge on any atom is 0.191 e. The first kappa shape index (κ1) is 20.2. The van der Waals surface area contributed by atoms with E-state index in [0.717, 1.165) is 36.1 Å². The van der Waals surface area contributed by atoms with Crippen LogP contribution in [0.5, 0.6) is 0 Å². The zero-order valence-electron chi connectivity index (χ0n) is 13.3. The standard InChI is InChI=1S/C16H21ClN4S.HI/c1-3-15-21-14(11-22-15)10-20-16(18-2)19-8-7-12-5-4-6-13(17)9-12;/h4-6,9,11H,3,7-8,10H2,1-2H3,(H2,18,19,20);1H. The molecular formula is C16H22ClIN4S. The number of hydrogen-bond donors (Lipinski definition) is 2. The Morgan fingerprint density at radius 3 is 2.83 bits per heavy atom. The fourth-order valence-electron chi connectivity index (χ4n) is 2.01. The SMILES string of the molecule is CCc1nc(CNC(=NC)NCCc2cccc(Cl)c2)cs1.I. The van der Waals surface area contributed by atoms with Crippen molar-refractivity contribution in [3.8, 4) is 0 Å². The van der Waals surface area contributed by atoms with Crippen LogP contribution < -0.4 is 10.6 Å². The van der Waals surface area contributed by atoms with Gasteiger partial charge in [0.2, 0.25) is 0 Å². The first-order chi connectivity index (χ1) is 10.7. The van der Waals surface area contributed by atoms with Crippen LogP contribution >= 0.6 is 46.9 Å². The molecule has 0 saturated carbocycles. The molecule has 0 amide bonds. The molecule has 0 radical (unpaired) electrons. The molecule has 126 valence electrons. The van der Waals surface area contributed by atoms with E-state index in [4.69, 9.17) is 11.6 Å². The van der Waals surface area contributed by atoms with Crippen LogP contribution in [0, 0.1) is 0 Å². The summed E-state index contributed by atoms with van der Waals surface area (Å²) in [5.74, 6) is 0.785. The third-order valence-corrected chi connectivity index (χ3v) is 4.43. The van der Waals surface area contributed by atoms with Gasteiger partial charge < -0.3 is 10.6 Å². The van der Waals surface area contributed by atoms with Crippen LogP contribution in [0.4, 0.5) is 0 Å². The number of benzene rings is 1. The number of halogens is 2. The fraction of sp³-hybridized carbons (Fsp3) is 0.375. The average molecular weight is 465 g/mol. The van der Waals surface area contributed by atoms with Crippen LogP contribution in [0.3, 0.4) is 0 Å². The number of hydrogen-bond acceptors (Lipinski definition) is 3. The Morgan fingerprint density at radius 1 is 1.35 bits per heavy atom. The van der Waals surface area contributed by atoms with Gasteiger partial charge in [-0.1, -0.05) is 30.7 Å². The minimum Gasteiger partial charge on any atom is -0.356 e. The number of guanidine groups is 1. The van der Waals surface area contributed by atoms with Crippen molar-refractivity contribution in [2.45, 2.75) is 26.3 Å². The lowest BCUT2D eigenvalue weighted by atomic mass is 10.1. The number of nitrogens with zero attached hydrogens (tertiary/aromatic N) is 2. The maximum absolute atomic E-state index is 5.98. The number of aromatic nitrogens is 1. The highest BCUT2D eigenvalue weighted by atomic mass is 127. The molecule has 1 heterocycles. The van der Waals surface area contributed by atoms with Crippen molar-refractivity contribution in [3.05, 3.63) is 50.9 Å². The second-order valence-electron chi connectivity index (χ2n) is 4.82. The number of aliphatic imine (C=N–C) groups is 1. The zero-order valence-corrected chi connectivity index (χ0v) is 17.2. The Balaban J connectivity index is 0.00000264. The second-order valence-corrected chi connectivity index (χ2v) is 6.20. The van der Waals surface area contributed by atoms with Gasteiger partial charge in [-0.15, -0.1) is 35.3 Å². The Labute approximate surface area is 163 Å². The fourth-order valence-corrected chi connectivity index (χ4v) is 2.96.